The smallest absolute Gasteiger partial charge is 0.390 e. The third-order valence-electron chi connectivity index (χ3n) is 4.13. The highest BCUT2D eigenvalue weighted by Crippen LogP contribution is 2.12. The van der Waals surface area contributed by atoms with E-state index in [1.807, 2.05) is 0 Å². The largest absolute Gasteiger partial charge is 0.442 e. The first kappa shape index (κ1) is 21.6. The molecular formula is C16H25N5O5. The summed E-state index contributed by atoms with van der Waals surface area (Å²) in [5, 5.41) is 16.9. The number of nitrogens with one attached hydrogen (secondary N) is 2. The van der Waals surface area contributed by atoms with Gasteiger partial charge in [0.1, 0.15) is 18.2 Å². The molecule has 10 heteroatoms. The topological polar surface area (TPSA) is 136 Å². The molecule has 0 aliphatic carbocycles. The van der Waals surface area contributed by atoms with Gasteiger partial charge >= 0.3 is 11.9 Å². The molecule has 0 aliphatic heterocycles. The molecule has 0 atom stereocenters. The number of carbonyl (C=O) groups excluding carboxylic acids is 3. The fourth-order valence-electron chi connectivity index (χ4n) is 2.06. The van der Waals surface area contributed by atoms with Gasteiger partial charge in [-0.1, -0.05) is 4.98 Å². The molecule has 1 aromatic heterocycles. The maximum absolute atomic E-state index is 12.4. The van der Waals surface area contributed by atoms with Crippen molar-refractivity contribution >= 4 is 23.4 Å². The second-order valence-corrected chi connectivity index (χ2v) is 7.00. The van der Waals surface area contributed by atoms with Gasteiger partial charge in [-0.3, -0.25) is 9.59 Å². The predicted molar refractivity (Wildman–Crippen MR) is 94.0 cm³/mol. The molecule has 0 fully saturated rings. The molecule has 1 rings (SSSR count). The maximum Gasteiger partial charge on any atom is 0.442 e. The molecule has 0 radical (unpaired) electrons. The predicted octanol–water partition coefficient (Wildman–Crippen LogP) is 0.716. The Labute approximate surface area is 151 Å². The lowest BCUT2D eigenvalue weighted by molar-refractivity contribution is -0.395. The van der Waals surface area contributed by atoms with Gasteiger partial charge in [-0.05, 0) is 59.1 Å². The Morgan fingerprint density at radius 1 is 1.15 bits per heavy atom. The molecule has 0 spiro atoms. The number of ketones is 2. The van der Waals surface area contributed by atoms with Gasteiger partial charge in [0.15, 0.2) is 0 Å². The van der Waals surface area contributed by atoms with Crippen molar-refractivity contribution in [3.05, 3.63) is 22.5 Å². The van der Waals surface area contributed by atoms with Crippen LogP contribution in [-0.2, 0) is 9.59 Å². The van der Waals surface area contributed by atoms with E-state index < -0.39 is 33.6 Å². The number of aromatic nitrogens is 2. The SMILES string of the molecule is CC(=O)C(C)(C)NCCCNC(C)(C)C(=O)C(=O)n1ccnc1[N+](=O)[O-]. The van der Waals surface area contributed by atoms with Crippen LogP contribution in [0.3, 0.4) is 0 Å². The standard InChI is InChI=1S/C16H25N5O5/c1-11(22)15(2,3)18-7-6-8-19-16(4,5)12(23)13(24)20-10-9-17-14(20)21(25)26/h9-10,18-19H,6-8H2,1-5H3. The van der Waals surface area contributed by atoms with E-state index in [0.717, 1.165) is 12.4 Å². The Morgan fingerprint density at radius 2 is 1.69 bits per heavy atom. The fraction of sp³-hybridized carbons (Fsp3) is 0.625. The number of imidazole rings is 1. The minimum absolute atomic E-state index is 0.0217. The Morgan fingerprint density at radius 3 is 2.19 bits per heavy atom. The van der Waals surface area contributed by atoms with Crippen LogP contribution in [0.2, 0.25) is 0 Å². The van der Waals surface area contributed by atoms with Crippen molar-refractivity contribution in [2.75, 3.05) is 13.1 Å². The lowest BCUT2D eigenvalue weighted by Gasteiger charge is -2.25. The van der Waals surface area contributed by atoms with Gasteiger partial charge in [0, 0.05) is 0 Å². The van der Waals surface area contributed by atoms with Crippen LogP contribution in [0.15, 0.2) is 12.4 Å². The van der Waals surface area contributed by atoms with E-state index in [1.54, 1.807) is 13.8 Å². The average Bonchev–Trinajstić information content (AvgIpc) is 3.02. The number of carbonyl (C=O) groups is 3. The molecule has 1 aromatic rings. The lowest BCUT2D eigenvalue weighted by atomic mass is 9.98. The van der Waals surface area contributed by atoms with Crippen LogP contribution in [0, 0.1) is 10.1 Å². The number of Topliss-reactive ketones (excluding diaryl/α,β-unsaturated/α-hetero) is 2. The summed E-state index contributed by atoms with van der Waals surface area (Å²) in [6.07, 6.45) is 2.79. The number of hydrogen-bond donors (Lipinski definition) is 2. The van der Waals surface area contributed by atoms with Crippen molar-refractivity contribution in [1.29, 1.82) is 0 Å². The van der Waals surface area contributed by atoms with E-state index >= 15 is 0 Å². The first-order chi connectivity index (χ1) is 11.9. The molecule has 0 amide bonds. The van der Waals surface area contributed by atoms with E-state index in [-0.39, 0.29) is 5.78 Å². The van der Waals surface area contributed by atoms with Crippen molar-refractivity contribution in [1.82, 2.24) is 20.2 Å². The van der Waals surface area contributed by atoms with E-state index in [9.17, 15) is 24.5 Å². The zero-order chi connectivity index (χ0) is 20.1. The molecular weight excluding hydrogens is 342 g/mol. The van der Waals surface area contributed by atoms with Gasteiger partial charge in [-0.2, -0.15) is 4.57 Å². The van der Waals surface area contributed by atoms with Crippen molar-refractivity contribution in [2.45, 2.75) is 52.1 Å². The molecule has 0 unspecified atom stereocenters. The van der Waals surface area contributed by atoms with Gasteiger partial charge in [-0.25, -0.2) is 4.79 Å². The third-order valence-corrected chi connectivity index (χ3v) is 4.13. The molecule has 0 aliphatic rings. The number of hydrogen-bond acceptors (Lipinski definition) is 8. The van der Waals surface area contributed by atoms with Crippen molar-refractivity contribution in [2.24, 2.45) is 0 Å². The molecule has 1 heterocycles. The van der Waals surface area contributed by atoms with Gasteiger partial charge in [-0.15, -0.1) is 0 Å². The van der Waals surface area contributed by atoms with Gasteiger partial charge in [0.2, 0.25) is 0 Å². The minimum Gasteiger partial charge on any atom is -0.390 e. The van der Waals surface area contributed by atoms with Crippen LogP contribution in [0.25, 0.3) is 0 Å². The lowest BCUT2D eigenvalue weighted by Crippen LogP contribution is -2.52. The Balaban J connectivity index is 2.60. The minimum atomic E-state index is -1.20. The molecule has 144 valence electrons. The van der Waals surface area contributed by atoms with Crippen LogP contribution >= 0.6 is 0 Å². The summed E-state index contributed by atoms with van der Waals surface area (Å²) >= 11 is 0. The first-order valence-electron chi connectivity index (χ1n) is 8.18. The molecule has 0 saturated carbocycles. The van der Waals surface area contributed by atoms with E-state index in [2.05, 4.69) is 15.6 Å². The zero-order valence-electron chi connectivity index (χ0n) is 15.7. The number of nitro groups is 1. The van der Waals surface area contributed by atoms with Crippen LogP contribution in [-0.4, -0.2) is 56.1 Å². The van der Waals surface area contributed by atoms with Crippen molar-refractivity contribution in [3.8, 4) is 0 Å². The fourth-order valence-corrected chi connectivity index (χ4v) is 2.06. The summed E-state index contributed by atoms with van der Waals surface area (Å²) in [6.45, 7) is 9.10. The van der Waals surface area contributed by atoms with E-state index in [0.29, 0.717) is 24.1 Å². The van der Waals surface area contributed by atoms with Gasteiger partial charge in [0.25, 0.3) is 5.78 Å². The Hall–Kier alpha value is -2.46. The molecule has 0 aromatic carbocycles. The zero-order valence-corrected chi connectivity index (χ0v) is 15.7. The highest BCUT2D eigenvalue weighted by molar-refractivity contribution is 6.40. The van der Waals surface area contributed by atoms with Crippen LogP contribution in [0.5, 0.6) is 0 Å². The highest BCUT2D eigenvalue weighted by atomic mass is 16.6. The van der Waals surface area contributed by atoms with Gasteiger partial charge < -0.3 is 20.7 Å². The van der Waals surface area contributed by atoms with E-state index in [1.165, 1.54) is 20.8 Å². The quantitative estimate of drug-likeness (QED) is 0.267. The average molecular weight is 367 g/mol. The molecule has 10 nitrogen and oxygen atoms in total. The monoisotopic (exact) mass is 367 g/mol. The molecule has 0 saturated heterocycles. The van der Waals surface area contributed by atoms with Crippen LogP contribution in [0.1, 0.15) is 45.8 Å². The van der Waals surface area contributed by atoms with Crippen molar-refractivity contribution in [3.63, 3.8) is 0 Å². The molecule has 2 N–H and O–H groups in total. The summed E-state index contributed by atoms with van der Waals surface area (Å²) in [5.41, 5.74) is -1.83. The summed E-state index contributed by atoms with van der Waals surface area (Å²) < 4.78 is 0.628. The van der Waals surface area contributed by atoms with Crippen molar-refractivity contribution < 1.29 is 19.3 Å². The van der Waals surface area contributed by atoms with Gasteiger partial charge in [0.05, 0.1) is 11.1 Å². The summed E-state index contributed by atoms with van der Waals surface area (Å²) in [6, 6.07) is 0. The van der Waals surface area contributed by atoms with Crippen LogP contribution in [0.4, 0.5) is 5.95 Å². The normalized spacial score (nSPS) is 12.0. The highest BCUT2D eigenvalue weighted by Gasteiger charge is 2.37. The molecule has 26 heavy (non-hydrogen) atoms. The van der Waals surface area contributed by atoms with Crippen LogP contribution < -0.4 is 10.6 Å². The summed E-state index contributed by atoms with van der Waals surface area (Å²) in [5.74, 6) is -2.51. The Bertz CT molecular complexity index is 708. The first-order valence-corrected chi connectivity index (χ1v) is 8.18. The number of nitrogens with zero attached hydrogens (tertiary/aromatic N) is 3. The molecule has 0 bridgehead atoms. The summed E-state index contributed by atoms with van der Waals surface area (Å²) in [7, 11) is 0. The van der Waals surface area contributed by atoms with E-state index in [4.69, 9.17) is 0 Å². The Kier molecular flexibility index (Phi) is 6.87. The second-order valence-electron chi connectivity index (χ2n) is 7.00. The number of rotatable bonds is 10. The third kappa shape index (κ3) is 5.27. The maximum atomic E-state index is 12.4. The second kappa shape index (κ2) is 8.28. The summed E-state index contributed by atoms with van der Waals surface area (Å²) in [4.78, 5) is 49.6.